The Morgan fingerprint density at radius 1 is 0.673 bits per heavy atom. The van der Waals surface area contributed by atoms with Crippen LogP contribution in [0.2, 0.25) is 0 Å². The molecule has 5 aromatic rings. The zero-order chi connectivity index (χ0) is 33.8. The molecule has 1 saturated heterocycles. The monoisotopic (exact) mass is 655 g/mol. The Hall–Kier alpha value is -4.79. The van der Waals surface area contributed by atoms with E-state index in [0.717, 1.165) is 27.8 Å². The van der Waals surface area contributed by atoms with Crippen LogP contribution in [0.4, 0.5) is 4.79 Å². The molecule has 250 valence electrons. The van der Waals surface area contributed by atoms with Gasteiger partial charge in [0.25, 0.3) is 5.97 Å². The molecule has 1 amide bonds. The number of methoxy groups -OCH3 is 2. The van der Waals surface area contributed by atoms with E-state index >= 15 is 0 Å². The van der Waals surface area contributed by atoms with Crippen molar-refractivity contribution < 1.29 is 28.8 Å². The lowest BCUT2D eigenvalue weighted by Crippen LogP contribution is -2.54. The van der Waals surface area contributed by atoms with Crippen molar-refractivity contribution in [2.45, 2.75) is 17.5 Å². The number of aliphatic hydroxyl groups excluding tert-OH is 1. The molecule has 1 aliphatic carbocycles. The summed E-state index contributed by atoms with van der Waals surface area (Å²) >= 11 is 0. The lowest BCUT2D eigenvalue weighted by Gasteiger charge is -2.46. The zero-order valence-corrected chi connectivity index (χ0v) is 27.8. The van der Waals surface area contributed by atoms with E-state index in [1.807, 2.05) is 115 Å². The molecule has 0 spiro atoms. The zero-order valence-electron chi connectivity index (χ0n) is 27.8. The van der Waals surface area contributed by atoms with Gasteiger partial charge < -0.3 is 29.0 Å². The predicted octanol–water partition coefficient (Wildman–Crippen LogP) is 7.43. The summed E-state index contributed by atoms with van der Waals surface area (Å²) in [5.41, 5.74) is 6.08. The van der Waals surface area contributed by atoms with Crippen LogP contribution >= 0.6 is 0 Å². The number of fused-ring (bicyclic) bond motifs is 3. The number of nitrogens with zero attached hydrogens (tertiary/aromatic N) is 1. The number of carbonyl (C=O) groups excluding carboxylic acids is 1. The van der Waals surface area contributed by atoms with Gasteiger partial charge in [-0.1, -0.05) is 140 Å². The lowest BCUT2D eigenvalue weighted by atomic mass is 9.79. The van der Waals surface area contributed by atoms with Crippen LogP contribution in [0.1, 0.15) is 33.7 Å². The molecule has 0 saturated carbocycles. The Bertz CT molecular complexity index is 1720. The van der Waals surface area contributed by atoms with Gasteiger partial charge in [0.15, 0.2) is 0 Å². The fourth-order valence-corrected chi connectivity index (χ4v) is 7.75. The van der Waals surface area contributed by atoms with Crippen LogP contribution in [-0.2, 0) is 24.5 Å². The van der Waals surface area contributed by atoms with E-state index < -0.39 is 29.5 Å². The van der Waals surface area contributed by atoms with Crippen LogP contribution < -0.4 is 0 Å². The van der Waals surface area contributed by atoms with Crippen molar-refractivity contribution in [3.63, 3.8) is 0 Å². The Morgan fingerprint density at radius 3 is 1.57 bits per heavy atom. The maximum Gasteiger partial charge on any atom is 0.409 e. The summed E-state index contributed by atoms with van der Waals surface area (Å²) < 4.78 is 25.8. The average Bonchev–Trinajstić information content (AvgIpc) is 3.76. The lowest BCUT2D eigenvalue weighted by molar-refractivity contribution is -0.414. The largest absolute Gasteiger partial charge is 0.448 e. The second-order valence-electron chi connectivity index (χ2n) is 12.7. The molecule has 0 radical (unpaired) electrons. The summed E-state index contributed by atoms with van der Waals surface area (Å²) in [6.45, 7) is 0.445. The van der Waals surface area contributed by atoms with Gasteiger partial charge in [-0.05, 0) is 38.9 Å². The number of likely N-dealkylation sites (tertiary alicyclic amines) is 1. The number of benzene rings is 5. The van der Waals surface area contributed by atoms with Crippen molar-refractivity contribution in [2.75, 3.05) is 40.5 Å². The molecule has 2 unspecified atom stereocenters. The molecule has 1 aliphatic heterocycles. The molecular weight excluding hydrogens is 614 g/mol. The van der Waals surface area contributed by atoms with Gasteiger partial charge in [-0.25, -0.2) is 4.79 Å². The van der Waals surface area contributed by atoms with Crippen molar-refractivity contribution in [3.8, 4) is 11.1 Å². The van der Waals surface area contributed by atoms with E-state index in [0.29, 0.717) is 0 Å². The third-order valence-corrected chi connectivity index (χ3v) is 10.1. The summed E-state index contributed by atoms with van der Waals surface area (Å²) in [7, 11) is 3.08. The van der Waals surface area contributed by atoms with Crippen molar-refractivity contribution >= 4 is 6.09 Å². The van der Waals surface area contributed by atoms with Gasteiger partial charge in [0.05, 0.1) is 5.92 Å². The molecule has 1 fully saturated rings. The van der Waals surface area contributed by atoms with E-state index in [4.69, 9.17) is 18.9 Å². The number of hydrogen-bond donors (Lipinski definition) is 1. The highest BCUT2D eigenvalue weighted by molar-refractivity contribution is 5.79. The fourth-order valence-electron chi connectivity index (χ4n) is 7.75. The number of ether oxygens (including phenoxy) is 4. The summed E-state index contributed by atoms with van der Waals surface area (Å²) in [6.07, 6.45) is -0.454. The topological polar surface area (TPSA) is 77.5 Å². The first-order chi connectivity index (χ1) is 24.0. The quantitative estimate of drug-likeness (QED) is 0.118. The number of aliphatic hydroxyl groups is 1. The number of hydrogen-bond acceptors (Lipinski definition) is 6. The molecule has 7 rings (SSSR count). The van der Waals surface area contributed by atoms with Gasteiger partial charge in [-0.2, -0.15) is 0 Å². The summed E-state index contributed by atoms with van der Waals surface area (Å²) in [5, 5.41) is 10.7. The van der Waals surface area contributed by atoms with Gasteiger partial charge in [0, 0.05) is 45.8 Å². The first-order valence-electron chi connectivity index (χ1n) is 16.7. The summed E-state index contributed by atoms with van der Waals surface area (Å²) in [5.74, 6) is -2.72. The van der Waals surface area contributed by atoms with E-state index in [1.54, 1.807) is 19.1 Å². The standard InChI is InChI=1S/C42H41NO6/c1-46-42(47-2,49-41(31-16-6-3-7-17-31,32-18-8-4-9-19-32)33-20-10-5-11-21-33)39-27-43(26-30(39)28-44)40(45)48-29-38-36-24-14-12-22-34(36)35-23-13-15-25-37(35)38/h3-25,30,38-39,44H,26-29H2,1-2H3. The van der Waals surface area contributed by atoms with Crippen molar-refractivity contribution in [1.82, 2.24) is 4.90 Å². The first kappa shape index (κ1) is 32.7. The molecule has 5 aromatic carbocycles. The van der Waals surface area contributed by atoms with Gasteiger partial charge in [-0.3, -0.25) is 0 Å². The minimum Gasteiger partial charge on any atom is -0.448 e. The van der Waals surface area contributed by atoms with Gasteiger partial charge in [-0.15, -0.1) is 0 Å². The molecule has 2 atom stereocenters. The van der Waals surface area contributed by atoms with Crippen molar-refractivity contribution in [3.05, 3.63) is 167 Å². The molecule has 1 N–H and O–H groups in total. The van der Waals surface area contributed by atoms with Crippen LogP contribution in [0.3, 0.4) is 0 Å². The molecule has 0 bridgehead atoms. The summed E-state index contributed by atoms with van der Waals surface area (Å²) in [4.78, 5) is 15.4. The Balaban J connectivity index is 1.20. The molecule has 7 heteroatoms. The fraction of sp³-hybridized carbons (Fsp3) is 0.262. The first-order valence-corrected chi connectivity index (χ1v) is 16.7. The normalized spacial score (nSPS) is 17.5. The minimum absolute atomic E-state index is 0.0630. The van der Waals surface area contributed by atoms with E-state index in [9.17, 15) is 9.90 Å². The maximum atomic E-state index is 13.8. The Morgan fingerprint density at radius 2 is 1.12 bits per heavy atom. The molecule has 7 nitrogen and oxygen atoms in total. The maximum absolute atomic E-state index is 13.8. The van der Waals surface area contributed by atoms with E-state index in [1.165, 1.54) is 11.1 Å². The van der Waals surface area contributed by atoms with Gasteiger partial charge in [0.2, 0.25) is 0 Å². The third kappa shape index (κ3) is 5.83. The van der Waals surface area contributed by atoms with Crippen LogP contribution in [0.25, 0.3) is 11.1 Å². The highest BCUT2D eigenvalue weighted by Crippen LogP contribution is 2.48. The second-order valence-corrected chi connectivity index (χ2v) is 12.7. The number of rotatable bonds is 11. The van der Waals surface area contributed by atoms with E-state index in [-0.39, 0.29) is 32.2 Å². The van der Waals surface area contributed by atoms with Crippen LogP contribution in [-0.4, -0.2) is 62.6 Å². The third-order valence-electron chi connectivity index (χ3n) is 10.1. The highest BCUT2D eigenvalue weighted by atomic mass is 16.9. The van der Waals surface area contributed by atoms with Gasteiger partial charge >= 0.3 is 6.09 Å². The molecule has 1 heterocycles. The van der Waals surface area contributed by atoms with Gasteiger partial charge in [0.1, 0.15) is 12.2 Å². The molecule has 0 aromatic heterocycles. The van der Waals surface area contributed by atoms with Crippen LogP contribution in [0.15, 0.2) is 140 Å². The smallest absolute Gasteiger partial charge is 0.409 e. The highest BCUT2D eigenvalue weighted by Gasteiger charge is 2.56. The molecule has 49 heavy (non-hydrogen) atoms. The summed E-state index contributed by atoms with van der Waals surface area (Å²) in [6, 6.07) is 46.5. The second kappa shape index (κ2) is 14.0. The van der Waals surface area contributed by atoms with Crippen LogP contribution in [0, 0.1) is 11.8 Å². The predicted molar refractivity (Wildman–Crippen MR) is 188 cm³/mol. The average molecular weight is 656 g/mol. The SMILES string of the molecule is COC(OC)(OC(c1ccccc1)(c1ccccc1)c1ccccc1)C1CN(C(=O)OCC2c3ccccc3-c3ccccc32)CC1CO. The van der Waals surface area contributed by atoms with E-state index in [2.05, 4.69) is 24.3 Å². The Labute approximate surface area is 287 Å². The van der Waals surface area contributed by atoms with Crippen LogP contribution in [0.5, 0.6) is 0 Å². The number of carbonyl (C=O) groups is 1. The minimum atomic E-state index is -1.67. The van der Waals surface area contributed by atoms with Crippen molar-refractivity contribution in [1.29, 1.82) is 0 Å². The molecular formula is C42H41NO6. The van der Waals surface area contributed by atoms with Crippen molar-refractivity contribution in [2.24, 2.45) is 11.8 Å². The molecule has 2 aliphatic rings. The number of amides is 1. The Kier molecular flexibility index (Phi) is 9.34.